The second kappa shape index (κ2) is 5.44. The van der Waals surface area contributed by atoms with Gasteiger partial charge in [0, 0.05) is 19.3 Å². The molecule has 1 fully saturated rings. The molecule has 1 heterocycles. The Bertz CT molecular complexity index is 518. The number of hydrogen-bond acceptors (Lipinski definition) is 3. The number of aryl methyl sites for hydroxylation is 1. The topological polar surface area (TPSA) is 83.4 Å². The smallest absolute Gasteiger partial charge is 0.319 e. The van der Waals surface area contributed by atoms with Crippen LogP contribution in [-0.4, -0.2) is 27.9 Å². The number of carbonyl (C=O) groups is 1. The molecule has 1 aromatic heterocycles. The molecule has 1 saturated carbocycles. The minimum Gasteiger partial charge on any atom is -0.394 e. The predicted octanol–water partition coefficient (Wildman–Crippen LogP) is 0.812. The van der Waals surface area contributed by atoms with E-state index in [1.54, 1.807) is 19.3 Å². The van der Waals surface area contributed by atoms with E-state index in [0.29, 0.717) is 5.69 Å². The van der Waals surface area contributed by atoms with Crippen LogP contribution in [-0.2, 0) is 7.05 Å². The Morgan fingerprint density at radius 2 is 2.11 bits per heavy atom. The molecule has 3 N–H and O–H groups in total. The number of aromatic nitrogens is 1. The minimum absolute atomic E-state index is 0.0479. The van der Waals surface area contributed by atoms with Crippen molar-refractivity contribution in [3.8, 4) is 0 Å². The zero-order valence-corrected chi connectivity index (χ0v) is 11.0. The van der Waals surface area contributed by atoms with Gasteiger partial charge in [-0.2, -0.15) is 0 Å². The highest BCUT2D eigenvalue weighted by Crippen LogP contribution is 2.29. The van der Waals surface area contributed by atoms with Crippen molar-refractivity contribution >= 4 is 11.7 Å². The standard InChI is InChI=1S/C13H19N3O3/c1-16-8-10(4-5-11(16)18)14-12(19)15-13(9-17)6-2-3-7-13/h4-5,8,17H,2-3,6-7,9H2,1H3,(H2,14,15,19). The van der Waals surface area contributed by atoms with Crippen LogP contribution in [0.15, 0.2) is 23.1 Å². The van der Waals surface area contributed by atoms with E-state index in [9.17, 15) is 14.7 Å². The Morgan fingerprint density at radius 3 is 2.68 bits per heavy atom. The molecule has 104 valence electrons. The van der Waals surface area contributed by atoms with Crippen molar-refractivity contribution in [2.75, 3.05) is 11.9 Å². The van der Waals surface area contributed by atoms with Crippen LogP contribution < -0.4 is 16.2 Å². The van der Waals surface area contributed by atoms with E-state index in [0.717, 1.165) is 25.7 Å². The van der Waals surface area contributed by atoms with Crippen molar-refractivity contribution in [3.63, 3.8) is 0 Å². The number of carbonyl (C=O) groups excluding carboxylic acids is 1. The van der Waals surface area contributed by atoms with Crippen LogP contribution in [0, 0.1) is 0 Å². The number of pyridine rings is 1. The quantitative estimate of drug-likeness (QED) is 0.756. The van der Waals surface area contributed by atoms with E-state index < -0.39 is 5.54 Å². The Balaban J connectivity index is 2.00. The Kier molecular flexibility index (Phi) is 3.90. The number of nitrogens with one attached hydrogen (secondary N) is 2. The maximum absolute atomic E-state index is 11.9. The lowest BCUT2D eigenvalue weighted by Crippen LogP contribution is -2.50. The van der Waals surface area contributed by atoms with Gasteiger partial charge in [-0.1, -0.05) is 12.8 Å². The Morgan fingerprint density at radius 1 is 1.42 bits per heavy atom. The maximum Gasteiger partial charge on any atom is 0.319 e. The van der Waals surface area contributed by atoms with Crippen LogP contribution in [0.3, 0.4) is 0 Å². The van der Waals surface area contributed by atoms with Gasteiger partial charge in [0.15, 0.2) is 0 Å². The van der Waals surface area contributed by atoms with Gasteiger partial charge in [-0.3, -0.25) is 4.79 Å². The highest BCUT2D eigenvalue weighted by Gasteiger charge is 2.34. The highest BCUT2D eigenvalue weighted by atomic mass is 16.3. The summed E-state index contributed by atoms with van der Waals surface area (Å²) in [5, 5.41) is 14.9. The van der Waals surface area contributed by atoms with Crippen molar-refractivity contribution in [2.24, 2.45) is 7.05 Å². The predicted molar refractivity (Wildman–Crippen MR) is 72.1 cm³/mol. The lowest BCUT2D eigenvalue weighted by Gasteiger charge is -2.27. The number of aliphatic hydroxyl groups is 1. The molecule has 0 bridgehead atoms. The average Bonchev–Trinajstić information content (AvgIpc) is 2.83. The number of hydrogen-bond donors (Lipinski definition) is 3. The summed E-state index contributed by atoms with van der Waals surface area (Å²) < 4.78 is 1.40. The molecule has 0 radical (unpaired) electrons. The molecule has 1 aliphatic rings. The molecular weight excluding hydrogens is 246 g/mol. The number of rotatable bonds is 3. The van der Waals surface area contributed by atoms with E-state index in [1.807, 2.05) is 0 Å². The van der Waals surface area contributed by atoms with Crippen LogP contribution in [0.4, 0.5) is 10.5 Å². The van der Waals surface area contributed by atoms with Crippen molar-refractivity contribution in [3.05, 3.63) is 28.7 Å². The molecule has 1 aliphatic carbocycles. The number of urea groups is 1. The summed E-state index contributed by atoms with van der Waals surface area (Å²) in [6.07, 6.45) is 5.18. The first-order valence-electron chi connectivity index (χ1n) is 6.41. The van der Waals surface area contributed by atoms with Crippen LogP contribution in [0.5, 0.6) is 0 Å². The highest BCUT2D eigenvalue weighted by molar-refractivity contribution is 5.89. The number of anilines is 1. The second-order valence-corrected chi connectivity index (χ2v) is 5.09. The molecule has 6 nitrogen and oxygen atoms in total. The summed E-state index contributed by atoms with van der Waals surface area (Å²) in [7, 11) is 1.62. The third-order valence-electron chi connectivity index (χ3n) is 3.59. The average molecular weight is 265 g/mol. The monoisotopic (exact) mass is 265 g/mol. The fourth-order valence-corrected chi connectivity index (χ4v) is 2.45. The van der Waals surface area contributed by atoms with E-state index in [1.165, 1.54) is 10.6 Å². The van der Waals surface area contributed by atoms with E-state index >= 15 is 0 Å². The molecular formula is C13H19N3O3. The number of aliphatic hydroxyl groups excluding tert-OH is 1. The molecule has 0 aliphatic heterocycles. The summed E-state index contributed by atoms with van der Waals surface area (Å²) in [5.74, 6) is 0. The van der Waals surface area contributed by atoms with Gasteiger partial charge in [-0.15, -0.1) is 0 Å². The zero-order valence-electron chi connectivity index (χ0n) is 11.0. The molecule has 0 aromatic carbocycles. The lowest BCUT2D eigenvalue weighted by atomic mass is 9.99. The molecule has 0 saturated heterocycles. The van der Waals surface area contributed by atoms with E-state index in [2.05, 4.69) is 10.6 Å². The molecule has 0 atom stereocenters. The van der Waals surface area contributed by atoms with Crippen LogP contribution in [0.2, 0.25) is 0 Å². The summed E-state index contributed by atoms with van der Waals surface area (Å²) in [6, 6.07) is 2.60. The van der Waals surface area contributed by atoms with Gasteiger partial charge in [0.2, 0.25) is 5.56 Å². The Hall–Kier alpha value is -1.82. The van der Waals surface area contributed by atoms with Crippen molar-refractivity contribution in [1.82, 2.24) is 9.88 Å². The third-order valence-corrected chi connectivity index (χ3v) is 3.59. The lowest BCUT2D eigenvalue weighted by molar-refractivity contribution is 0.167. The fraction of sp³-hybridized carbons (Fsp3) is 0.538. The maximum atomic E-state index is 11.9. The number of nitrogens with zero attached hydrogens (tertiary/aromatic N) is 1. The summed E-state index contributed by atoms with van der Waals surface area (Å²) in [6.45, 7) is -0.0479. The molecule has 1 aromatic rings. The molecule has 2 rings (SSSR count). The van der Waals surface area contributed by atoms with Crippen LogP contribution in [0.1, 0.15) is 25.7 Å². The van der Waals surface area contributed by atoms with Crippen LogP contribution >= 0.6 is 0 Å². The molecule has 19 heavy (non-hydrogen) atoms. The summed E-state index contributed by atoms with van der Waals surface area (Å²) >= 11 is 0. The van der Waals surface area contributed by atoms with Gasteiger partial charge >= 0.3 is 6.03 Å². The van der Waals surface area contributed by atoms with Gasteiger partial charge in [-0.05, 0) is 18.9 Å². The van der Waals surface area contributed by atoms with Gasteiger partial charge in [0.25, 0.3) is 0 Å². The minimum atomic E-state index is -0.495. The second-order valence-electron chi connectivity index (χ2n) is 5.09. The third kappa shape index (κ3) is 3.14. The molecule has 6 heteroatoms. The normalized spacial score (nSPS) is 17.2. The van der Waals surface area contributed by atoms with Gasteiger partial charge in [0.05, 0.1) is 17.8 Å². The molecule has 0 spiro atoms. The largest absolute Gasteiger partial charge is 0.394 e. The van der Waals surface area contributed by atoms with Gasteiger partial charge < -0.3 is 20.3 Å². The Labute approximate surface area is 111 Å². The SMILES string of the molecule is Cn1cc(NC(=O)NC2(CO)CCCC2)ccc1=O. The molecule has 2 amide bonds. The van der Waals surface area contributed by atoms with E-state index in [-0.39, 0.29) is 18.2 Å². The summed E-state index contributed by atoms with van der Waals surface area (Å²) in [5.41, 5.74) is -0.0793. The van der Waals surface area contributed by atoms with Crippen molar-refractivity contribution in [1.29, 1.82) is 0 Å². The summed E-state index contributed by atoms with van der Waals surface area (Å²) in [4.78, 5) is 23.1. The zero-order chi connectivity index (χ0) is 13.9. The van der Waals surface area contributed by atoms with E-state index in [4.69, 9.17) is 0 Å². The first-order valence-corrected chi connectivity index (χ1v) is 6.41. The van der Waals surface area contributed by atoms with Gasteiger partial charge in [0.1, 0.15) is 0 Å². The van der Waals surface area contributed by atoms with Gasteiger partial charge in [-0.25, -0.2) is 4.79 Å². The first-order chi connectivity index (χ1) is 9.04. The first kappa shape index (κ1) is 13.6. The van der Waals surface area contributed by atoms with Crippen molar-refractivity contribution < 1.29 is 9.90 Å². The van der Waals surface area contributed by atoms with Crippen LogP contribution in [0.25, 0.3) is 0 Å². The van der Waals surface area contributed by atoms with Crippen molar-refractivity contribution in [2.45, 2.75) is 31.2 Å². The number of amides is 2. The fourth-order valence-electron chi connectivity index (χ4n) is 2.45. The molecule has 0 unspecified atom stereocenters.